The Morgan fingerprint density at radius 2 is 1.64 bits per heavy atom. The van der Waals surface area contributed by atoms with Crippen LogP contribution in [-0.4, -0.2) is 12.1 Å². The Morgan fingerprint density at radius 3 is 1.64 bits per heavy atom. The molecule has 4 amide bonds. The quantitative estimate of drug-likeness (QED) is 0.443. The van der Waals surface area contributed by atoms with Crippen molar-refractivity contribution in [3.8, 4) is 0 Å². The van der Waals surface area contributed by atoms with E-state index in [0.29, 0.717) is 0 Å². The standard InChI is InChI=1S/CH2Cl2N2O.CH4N2O.Pd/c2-4-1(6)5-3;2-1(3)4;/h(H2,4,5,6);(H4,2,3,4);/p-1. The van der Waals surface area contributed by atoms with Gasteiger partial charge in [0.05, 0.1) is 0 Å². The Hall–Kier alpha value is -0.218. The molecule has 0 aromatic carbocycles. The molecule has 0 saturated carbocycles. The van der Waals surface area contributed by atoms with Gasteiger partial charge in [-0.3, -0.25) is 4.79 Å². The maximum atomic E-state index is 9.64. The van der Waals surface area contributed by atoms with Crippen LogP contribution >= 0.6 is 23.6 Å². The number of carbonyl (C=O) groups excluding carboxylic acids is 2. The summed E-state index contributed by atoms with van der Waals surface area (Å²) in [6.45, 7) is 0. The van der Waals surface area contributed by atoms with Gasteiger partial charge in [0.2, 0.25) is 0 Å². The summed E-state index contributed by atoms with van der Waals surface area (Å²) in [5.74, 6) is 0. The van der Waals surface area contributed by atoms with Crippen molar-refractivity contribution >= 4 is 35.6 Å². The third kappa shape index (κ3) is 41.4. The molecule has 0 rings (SSSR count). The van der Waals surface area contributed by atoms with E-state index in [1.165, 1.54) is 0 Å². The molecule has 0 bridgehead atoms. The van der Waals surface area contributed by atoms with Crippen molar-refractivity contribution in [3.63, 3.8) is 0 Å². The third-order valence-electron chi connectivity index (χ3n) is 0.158. The average molecular weight is 294 g/mol. The van der Waals surface area contributed by atoms with E-state index in [2.05, 4.69) is 39.9 Å². The molecule has 0 radical (unpaired) electrons. The number of nitrogens with one attached hydrogen (secondary N) is 1. The van der Waals surface area contributed by atoms with Crippen LogP contribution in [0.25, 0.3) is 4.84 Å². The first kappa shape index (κ1) is 17.0. The van der Waals surface area contributed by atoms with Gasteiger partial charge in [0.25, 0.3) is 0 Å². The van der Waals surface area contributed by atoms with Gasteiger partial charge in [-0.1, -0.05) is 11.8 Å². The van der Waals surface area contributed by atoms with Crippen LogP contribution in [0.15, 0.2) is 0 Å². The first-order valence-electron chi connectivity index (χ1n) is 1.82. The largest absolute Gasteiger partial charge is 0.375 e. The van der Waals surface area contributed by atoms with Crippen molar-refractivity contribution in [2.45, 2.75) is 0 Å². The number of amides is 4. The topological polar surface area (TPSA) is 112 Å². The zero-order valence-corrected chi connectivity index (χ0v) is 8.06. The number of hydrogen-bond acceptors (Lipinski definition) is 2. The minimum Gasteiger partial charge on any atom is -0.375 e. The molecule has 0 aromatic heterocycles. The average Bonchev–Trinajstić information content (AvgIpc) is 1.85. The second kappa shape index (κ2) is 12.5. The van der Waals surface area contributed by atoms with Crippen LogP contribution in [0.2, 0.25) is 0 Å². The van der Waals surface area contributed by atoms with Crippen molar-refractivity contribution in [2.24, 2.45) is 11.5 Å². The zero-order chi connectivity index (χ0) is 8.57. The van der Waals surface area contributed by atoms with E-state index in [1.807, 2.05) is 0 Å². The van der Waals surface area contributed by atoms with E-state index in [9.17, 15) is 4.79 Å². The van der Waals surface area contributed by atoms with Gasteiger partial charge in [0.1, 0.15) is 0 Å². The molecule has 0 heterocycles. The summed E-state index contributed by atoms with van der Waals surface area (Å²) in [5.41, 5.74) is 8.50. The minimum absolute atomic E-state index is 0. The molecule has 0 atom stereocenters. The Bertz CT molecular complexity index is 113. The predicted octanol–water partition coefficient (Wildman–Crippen LogP) is 0.399. The number of hydrogen-bond donors (Lipinski definition) is 3. The van der Waals surface area contributed by atoms with Crippen molar-refractivity contribution in [1.29, 1.82) is 0 Å². The fourth-order valence-corrected chi connectivity index (χ4v) is 0.144. The fourth-order valence-electron chi connectivity index (χ4n) is 0.0160. The molecule has 0 unspecified atom stereocenters. The summed E-state index contributed by atoms with van der Waals surface area (Å²) >= 11 is 9.26. The molecule has 11 heavy (non-hydrogen) atoms. The molecule has 70 valence electrons. The molecule has 0 aliphatic carbocycles. The van der Waals surface area contributed by atoms with Crippen LogP contribution in [0.1, 0.15) is 0 Å². The van der Waals surface area contributed by atoms with Gasteiger partial charge in [0.15, 0.2) is 6.03 Å². The van der Waals surface area contributed by atoms with E-state index in [0.717, 1.165) is 0 Å². The van der Waals surface area contributed by atoms with Crippen LogP contribution in [0.3, 0.4) is 0 Å². The van der Waals surface area contributed by atoms with Gasteiger partial charge in [-0.15, -0.1) is 11.8 Å². The number of carbonyl (C=O) groups is 2. The number of urea groups is 2. The van der Waals surface area contributed by atoms with E-state index in [1.54, 1.807) is 4.84 Å². The molecular formula is C2H5Cl2N4O2Pd-. The molecule has 0 spiro atoms. The monoisotopic (exact) mass is 293 g/mol. The van der Waals surface area contributed by atoms with E-state index < -0.39 is 12.1 Å². The van der Waals surface area contributed by atoms with Gasteiger partial charge in [-0.05, 0) is 0 Å². The summed E-state index contributed by atoms with van der Waals surface area (Å²) in [4.78, 5) is 22.9. The molecule has 9 heteroatoms. The van der Waals surface area contributed by atoms with Crippen molar-refractivity contribution in [1.82, 2.24) is 4.84 Å². The Labute approximate surface area is 86.8 Å². The minimum atomic E-state index is -0.833. The number of primary amides is 2. The summed E-state index contributed by atoms with van der Waals surface area (Å²) in [7, 11) is 0. The molecule has 0 aromatic rings. The Morgan fingerprint density at radius 1 is 1.36 bits per heavy atom. The predicted molar refractivity (Wildman–Crippen MR) is 37.4 cm³/mol. The number of nitrogens with two attached hydrogens (primary N) is 2. The Kier molecular flexibility index (Phi) is 19.3. The van der Waals surface area contributed by atoms with E-state index >= 15 is 0 Å². The van der Waals surface area contributed by atoms with Gasteiger partial charge < -0.3 is 21.1 Å². The second-order valence-electron chi connectivity index (χ2n) is 0.887. The molecular weight excluding hydrogens is 289 g/mol. The number of rotatable bonds is 0. The van der Waals surface area contributed by atoms with Crippen molar-refractivity contribution in [2.75, 3.05) is 0 Å². The first-order valence-corrected chi connectivity index (χ1v) is 2.53. The van der Waals surface area contributed by atoms with Gasteiger partial charge in [-0.25, -0.2) is 4.79 Å². The molecule has 6 nitrogen and oxygen atoms in total. The normalized spacial score (nSPS) is 6.00. The second-order valence-corrected chi connectivity index (χ2v) is 1.24. The van der Waals surface area contributed by atoms with Gasteiger partial charge in [0, 0.05) is 20.4 Å². The summed E-state index contributed by atoms with van der Waals surface area (Å²) < 4.78 is 0. The van der Waals surface area contributed by atoms with Crippen LogP contribution in [0.4, 0.5) is 9.59 Å². The summed E-state index contributed by atoms with van der Waals surface area (Å²) in [5, 5.41) is 0. The first-order chi connectivity index (χ1) is 4.54. The van der Waals surface area contributed by atoms with Gasteiger partial charge in [-0.2, -0.15) is 0 Å². The SMILES string of the molecule is NC(N)=O.O=C([N-]Cl)NCl.[Pd]. The summed E-state index contributed by atoms with van der Waals surface area (Å²) in [6, 6.07) is -1.58. The maximum absolute atomic E-state index is 9.64. The number of nitrogens with zero attached hydrogens (tertiary/aromatic N) is 1. The smallest absolute Gasteiger partial charge is 0.309 e. The summed E-state index contributed by atoms with van der Waals surface area (Å²) in [6.07, 6.45) is 0. The molecule has 0 fully saturated rings. The fraction of sp³-hybridized carbons (Fsp3) is 0. The van der Waals surface area contributed by atoms with Crippen LogP contribution in [-0.2, 0) is 20.4 Å². The molecule has 0 aliphatic rings. The van der Waals surface area contributed by atoms with E-state index in [-0.39, 0.29) is 20.4 Å². The van der Waals surface area contributed by atoms with Crippen molar-refractivity contribution < 1.29 is 30.0 Å². The van der Waals surface area contributed by atoms with Crippen LogP contribution in [0, 0.1) is 0 Å². The van der Waals surface area contributed by atoms with Crippen molar-refractivity contribution in [3.05, 3.63) is 4.84 Å². The van der Waals surface area contributed by atoms with E-state index in [4.69, 9.17) is 4.79 Å². The molecule has 5 N–H and O–H groups in total. The Balaban J connectivity index is -0.000000114. The van der Waals surface area contributed by atoms with Gasteiger partial charge >= 0.3 is 6.03 Å². The van der Waals surface area contributed by atoms with Crippen LogP contribution in [0.5, 0.6) is 0 Å². The maximum Gasteiger partial charge on any atom is 0.309 e. The molecule has 0 saturated heterocycles. The third-order valence-corrected chi connectivity index (χ3v) is 0.473. The molecule has 0 aliphatic heterocycles. The number of halogens is 2. The van der Waals surface area contributed by atoms with Crippen LogP contribution < -0.4 is 16.3 Å². The zero-order valence-electron chi connectivity index (χ0n) is 4.99.